The SMILES string of the molecule is CCN(CC)S(=O)(=O)CCNC(=NC)NC(C)Cc1ccc(C)s1.I. The first kappa shape index (κ1) is 24.6. The highest BCUT2D eigenvalue weighted by atomic mass is 127. The maximum Gasteiger partial charge on any atom is 0.215 e. The minimum Gasteiger partial charge on any atom is -0.355 e. The number of nitrogens with one attached hydrogen (secondary N) is 2. The number of halogens is 1. The van der Waals surface area contributed by atoms with Gasteiger partial charge in [-0.25, -0.2) is 12.7 Å². The summed E-state index contributed by atoms with van der Waals surface area (Å²) in [7, 11) is -1.52. The summed E-state index contributed by atoms with van der Waals surface area (Å²) in [5, 5.41) is 6.39. The maximum atomic E-state index is 12.2. The van der Waals surface area contributed by atoms with E-state index in [-0.39, 0.29) is 35.8 Å². The van der Waals surface area contributed by atoms with E-state index < -0.39 is 10.0 Å². The van der Waals surface area contributed by atoms with E-state index in [0.29, 0.717) is 25.6 Å². The number of thiophene rings is 1. The van der Waals surface area contributed by atoms with Gasteiger partial charge in [-0.05, 0) is 26.0 Å². The molecule has 9 heteroatoms. The van der Waals surface area contributed by atoms with E-state index in [1.165, 1.54) is 14.1 Å². The molecule has 1 rings (SSSR count). The van der Waals surface area contributed by atoms with Crippen LogP contribution in [0.1, 0.15) is 30.5 Å². The van der Waals surface area contributed by atoms with Gasteiger partial charge in [-0.1, -0.05) is 13.8 Å². The molecule has 25 heavy (non-hydrogen) atoms. The molecule has 0 spiro atoms. The van der Waals surface area contributed by atoms with Crippen LogP contribution in [0.4, 0.5) is 0 Å². The van der Waals surface area contributed by atoms with Crippen molar-refractivity contribution < 1.29 is 8.42 Å². The van der Waals surface area contributed by atoms with Gasteiger partial charge in [0.2, 0.25) is 10.0 Å². The molecule has 0 fully saturated rings. The smallest absolute Gasteiger partial charge is 0.215 e. The second-order valence-electron chi connectivity index (χ2n) is 5.66. The van der Waals surface area contributed by atoms with Gasteiger partial charge in [0.1, 0.15) is 0 Å². The standard InChI is InChI=1S/C16H30N4O2S2.HI/c1-6-20(7-2)24(21,22)11-10-18-16(17-5)19-13(3)12-15-9-8-14(4)23-15;/h8-9,13H,6-7,10-12H2,1-5H3,(H2,17,18,19);1H. The van der Waals surface area contributed by atoms with Crippen molar-refractivity contribution in [2.24, 2.45) is 4.99 Å². The monoisotopic (exact) mass is 502 g/mol. The van der Waals surface area contributed by atoms with Gasteiger partial charge in [0, 0.05) is 48.9 Å². The van der Waals surface area contributed by atoms with E-state index in [9.17, 15) is 8.42 Å². The Bertz CT molecular complexity index is 628. The van der Waals surface area contributed by atoms with Crippen molar-refractivity contribution in [3.05, 3.63) is 21.9 Å². The van der Waals surface area contributed by atoms with Gasteiger partial charge in [0.05, 0.1) is 5.75 Å². The average Bonchev–Trinajstić information content (AvgIpc) is 2.91. The minimum atomic E-state index is -3.21. The Kier molecular flexibility index (Phi) is 11.9. The average molecular weight is 502 g/mol. The third-order valence-corrected chi connectivity index (χ3v) is 6.71. The Labute approximate surface area is 173 Å². The van der Waals surface area contributed by atoms with E-state index in [1.807, 2.05) is 13.8 Å². The van der Waals surface area contributed by atoms with Crippen LogP contribution in [0, 0.1) is 6.92 Å². The van der Waals surface area contributed by atoms with E-state index in [1.54, 1.807) is 18.4 Å². The molecule has 1 aromatic rings. The molecule has 0 radical (unpaired) electrons. The fraction of sp³-hybridized carbons (Fsp3) is 0.688. The van der Waals surface area contributed by atoms with Crippen LogP contribution in [0.3, 0.4) is 0 Å². The number of rotatable bonds is 9. The number of hydrogen-bond donors (Lipinski definition) is 2. The molecule has 0 aromatic carbocycles. The van der Waals surface area contributed by atoms with Crippen LogP contribution >= 0.6 is 35.3 Å². The Morgan fingerprint density at radius 2 is 1.96 bits per heavy atom. The molecule has 0 saturated heterocycles. The van der Waals surface area contributed by atoms with Crippen molar-refractivity contribution in [3.8, 4) is 0 Å². The number of aryl methyl sites for hydroxylation is 1. The third-order valence-electron chi connectivity index (χ3n) is 3.66. The predicted molar refractivity (Wildman–Crippen MR) is 119 cm³/mol. The minimum absolute atomic E-state index is 0. The molecule has 1 heterocycles. The zero-order valence-electron chi connectivity index (χ0n) is 15.7. The topological polar surface area (TPSA) is 73.8 Å². The molecule has 2 N–H and O–H groups in total. The van der Waals surface area contributed by atoms with Crippen molar-refractivity contribution in [2.75, 3.05) is 32.4 Å². The number of guanidine groups is 1. The molecule has 146 valence electrons. The van der Waals surface area contributed by atoms with Crippen molar-refractivity contribution >= 4 is 51.3 Å². The summed E-state index contributed by atoms with van der Waals surface area (Å²) in [5.74, 6) is 0.693. The van der Waals surface area contributed by atoms with Crippen molar-refractivity contribution in [1.29, 1.82) is 0 Å². The van der Waals surface area contributed by atoms with Crippen LogP contribution < -0.4 is 10.6 Å². The second-order valence-corrected chi connectivity index (χ2v) is 9.12. The summed E-state index contributed by atoms with van der Waals surface area (Å²) in [6, 6.07) is 4.48. The maximum absolute atomic E-state index is 12.2. The first-order valence-corrected chi connectivity index (χ1v) is 10.7. The third kappa shape index (κ3) is 8.69. The second kappa shape index (κ2) is 12.1. The summed E-state index contributed by atoms with van der Waals surface area (Å²) in [5.41, 5.74) is 0. The van der Waals surface area contributed by atoms with Crippen LogP contribution in [-0.4, -0.2) is 57.2 Å². The normalized spacial score (nSPS) is 13.4. The lowest BCUT2D eigenvalue weighted by Gasteiger charge is -2.20. The van der Waals surface area contributed by atoms with Gasteiger partial charge in [-0.15, -0.1) is 35.3 Å². The highest BCUT2D eigenvalue weighted by Crippen LogP contribution is 2.16. The summed E-state index contributed by atoms with van der Waals surface area (Å²) < 4.78 is 25.8. The van der Waals surface area contributed by atoms with E-state index >= 15 is 0 Å². The van der Waals surface area contributed by atoms with E-state index in [0.717, 1.165) is 6.42 Å². The van der Waals surface area contributed by atoms with Crippen molar-refractivity contribution in [1.82, 2.24) is 14.9 Å². The van der Waals surface area contributed by atoms with Crippen LogP contribution in [0.15, 0.2) is 17.1 Å². The highest BCUT2D eigenvalue weighted by Gasteiger charge is 2.18. The van der Waals surface area contributed by atoms with Gasteiger partial charge in [0.15, 0.2) is 5.96 Å². The Morgan fingerprint density at radius 1 is 1.32 bits per heavy atom. The van der Waals surface area contributed by atoms with Gasteiger partial charge >= 0.3 is 0 Å². The molecule has 1 aromatic heterocycles. The number of sulfonamides is 1. The Morgan fingerprint density at radius 3 is 2.44 bits per heavy atom. The van der Waals surface area contributed by atoms with Crippen molar-refractivity contribution in [2.45, 2.75) is 40.2 Å². The zero-order chi connectivity index (χ0) is 18.2. The fourth-order valence-electron chi connectivity index (χ4n) is 2.42. The summed E-state index contributed by atoms with van der Waals surface area (Å²) >= 11 is 1.80. The quantitative estimate of drug-likeness (QED) is 0.309. The van der Waals surface area contributed by atoms with Crippen LogP contribution in [-0.2, 0) is 16.4 Å². The van der Waals surface area contributed by atoms with Gasteiger partial charge in [-0.3, -0.25) is 4.99 Å². The molecule has 0 bridgehead atoms. The fourth-order valence-corrected chi connectivity index (χ4v) is 4.84. The largest absolute Gasteiger partial charge is 0.355 e. The lowest BCUT2D eigenvalue weighted by Crippen LogP contribution is -2.45. The molecule has 0 aliphatic rings. The molecular formula is C16H31IN4O2S2. The van der Waals surface area contributed by atoms with Gasteiger partial charge in [-0.2, -0.15) is 0 Å². The summed E-state index contributed by atoms with van der Waals surface area (Å²) in [6.45, 7) is 9.24. The molecule has 6 nitrogen and oxygen atoms in total. The molecule has 0 saturated carbocycles. The molecule has 0 aliphatic carbocycles. The van der Waals surface area contributed by atoms with Gasteiger partial charge < -0.3 is 10.6 Å². The van der Waals surface area contributed by atoms with Crippen LogP contribution in [0.2, 0.25) is 0 Å². The summed E-state index contributed by atoms with van der Waals surface area (Å²) in [6.07, 6.45) is 0.914. The number of nitrogens with zero attached hydrogens (tertiary/aromatic N) is 2. The molecular weight excluding hydrogens is 471 g/mol. The lowest BCUT2D eigenvalue weighted by molar-refractivity contribution is 0.445. The Hall–Kier alpha value is -0.390. The van der Waals surface area contributed by atoms with E-state index in [4.69, 9.17) is 0 Å². The van der Waals surface area contributed by atoms with Crippen molar-refractivity contribution in [3.63, 3.8) is 0 Å². The molecule has 1 atom stereocenters. The predicted octanol–water partition coefficient (Wildman–Crippen LogP) is 2.44. The molecule has 1 unspecified atom stereocenters. The summed E-state index contributed by atoms with van der Waals surface area (Å²) in [4.78, 5) is 6.80. The number of hydrogen-bond acceptors (Lipinski definition) is 4. The zero-order valence-corrected chi connectivity index (χ0v) is 19.7. The first-order chi connectivity index (χ1) is 11.3. The van der Waals surface area contributed by atoms with Gasteiger partial charge in [0.25, 0.3) is 0 Å². The Balaban J connectivity index is 0.00000576. The van der Waals surface area contributed by atoms with E-state index in [2.05, 4.69) is 41.6 Å². The molecule has 0 amide bonds. The lowest BCUT2D eigenvalue weighted by atomic mass is 10.2. The van der Waals surface area contributed by atoms with Crippen LogP contribution in [0.25, 0.3) is 0 Å². The number of aliphatic imine (C=N–C) groups is 1. The first-order valence-electron chi connectivity index (χ1n) is 8.32. The molecule has 0 aliphatic heterocycles. The van der Waals surface area contributed by atoms with Crippen LogP contribution in [0.5, 0.6) is 0 Å². The highest BCUT2D eigenvalue weighted by molar-refractivity contribution is 14.0.